The van der Waals surface area contributed by atoms with Crippen molar-refractivity contribution in [3.63, 3.8) is 0 Å². The van der Waals surface area contributed by atoms with Gasteiger partial charge >= 0.3 is 0 Å². The Kier molecular flexibility index (Phi) is 18.7. The van der Waals surface area contributed by atoms with Crippen LogP contribution in [0.25, 0.3) is 26.1 Å². The van der Waals surface area contributed by atoms with Crippen LogP contribution in [0.15, 0.2) is 24.3 Å². The van der Waals surface area contributed by atoms with E-state index in [1.807, 2.05) is 22.7 Å². The van der Waals surface area contributed by atoms with Gasteiger partial charge in [0, 0.05) is 12.1 Å². The number of fused-ring (bicyclic) bond motifs is 3. The van der Waals surface area contributed by atoms with Crippen molar-refractivity contribution in [2.24, 2.45) is 35.5 Å². The number of thiophene rings is 2. The van der Waals surface area contributed by atoms with Crippen LogP contribution < -0.4 is 14.2 Å². The van der Waals surface area contributed by atoms with Crippen molar-refractivity contribution in [1.82, 2.24) is 4.57 Å². The Morgan fingerprint density at radius 1 is 0.500 bits per heavy atom. The molecule has 3 heterocycles. The van der Waals surface area contributed by atoms with Gasteiger partial charge in [-0.15, -0.1) is 22.7 Å². The maximum atomic E-state index is 6.78. The van der Waals surface area contributed by atoms with E-state index in [0.29, 0.717) is 37.6 Å². The lowest BCUT2D eigenvalue weighted by Gasteiger charge is -2.21. The molecule has 0 saturated carbocycles. The number of hydrogen-bond acceptors (Lipinski definition) is 5. The van der Waals surface area contributed by atoms with Gasteiger partial charge in [-0.05, 0) is 112 Å². The average molecular weight is 976 g/mol. The minimum absolute atomic E-state index is 0.619. The van der Waals surface area contributed by atoms with Gasteiger partial charge < -0.3 is 18.8 Å². The zero-order chi connectivity index (χ0) is 37.8. The molecule has 1 aromatic carbocycles. The molecule has 3 atom stereocenters. The number of nitrogens with zero attached hydrogens (tertiary/aromatic N) is 1. The first kappa shape index (κ1) is 44.0. The third-order valence-electron chi connectivity index (χ3n) is 10.3. The molecule has 0 aliphatic carbocycles. The summed E-state index contributed by atoms with van der Waals surface area (Å²) in [6.45, 7) is 23.0. The Morgan fingerprint density at radius 2 is 0.865 bits per heavy atom. The molecule has 0 aliphatic rings. The second-order valence-electron chi connectivity index (χ2n) is 16.8. The van der Waals surface area contributed by atoms with Crippen LogP contribution in [0, 0.1) is 41.3 Å². The van der Waals surface area contributed by atoms with Crippen LogP contribution in [-0.2, 0) is 0 Å². The van der Waals surface area contributed by atoms with Crippen LogP contribution in [0.4, 0.5) is 0 Å². The number of aromatic nitrogens is 1. The van der Waals surface area contributed by atoms with Gasteiger partial charge in [-0.1, -0.05) is 120 Å². The summed E-state index contributed by atoms with van der Waals surface area (Å²) < 4.78 is 28.1. The molecule has 4 rings (SSSR count). The topological polar surface area (TPSA) is 32.6 Å². The SMILES string of the molecule is CC(C)CCC[C@H](C)CCOc1cc(-n2c3cc(I)sc3c3sc(I)cc32)cc(OCC[C@@H](C)CCCC(C)C)c1OCC[C@@H](C)CCCC(C)C. The Balaban J connectivity index is 1.66. The van der Waals surface area contributed by atoms with Gasteiger partial charge in [0.2, 0.25) is 5.75 Å². The first-order valence-corrected chi connectivity index (χ1v) is 24.1. The predicted molar refractivity (Wildman–Crippen MR) is 246 cm³/mol. The van der Waals surface area contributed by atoms with E-state index >= 15 is 0 Å². The fraction of sp³-hybridized carbons (Fsp3) is 0.682. The Hall–Kier alpha value is -0.720. The molecule has 4 aromatic rings. The summed E-state index contributed by atoms with van der Waals surface area (Å²) in [5.74, 6) is 6.53. The van der Waals surface area contributed by atoms with E-state index < -0.39 is 0 Å². The minimum atomic E-state index is 0.619. The Morgan fingerprint density at radius 3 is 1.23 bits per heavy atom. The van der Waals surface area contributed by atoms with Gasteiger partial charge in [-0.25, -0.2) is 0 Å². The number of rotatable bonds is 25. The molecule has 4 nitrogen and oxygen atoms in total. The molecule has 52 heavy (non-hydrogen) atoms. The van der Waals surface area contributed by atoms with Crippen molar-refractivity contribution < 1.29 is 14.2 Å². The molecule has 0 radical (unpaired) electrons. The summed E-state index contributed by atoms with van der Waals surface area (Å²) in [7, 11) is 0. The highest BCUT2D eigenvalue weighted by atomic mass is 127. The molecular formula is C44H67I2NO3S2. The van der Waals surface area contributed by atoms with E-state index in [4.69, 9.17) is 14.2 Å². The fourth-order valence-corrected chi connectivity index (χ4v) is 10.8. The van der Waals surface area contributed by atoms with E-state index in [1.54, 1.807) is 0 Å². The number of benzene rings is 1. The lowest BCUT2D eigenvalue weighted by molar-refractivity contribution is 0.216. The van der Waals surface area contributed by atoms with Crippen molar-refractivity contribution in [1.29, 1.82) is 0 Å². The Labute approximate surface area is 351 Å². The van der Waals surface area contributed by atoms with Gasteiger partial charge in [0.15, 0.2) is 11.5 Å². The summed E-state index contributed by atoms with van der Waals surface area (Å²) in [5.41, 5.74) is 3.59. The maximum absolute atomic E-state index is 6.78. The molecule has 0 aliphatic heterocycles. The average Bonchev–Trinajstić information content (AvgIpc) is 3.70. The second kappa shape index (κ2) is 22.1. The lowest BCUT2D eigenvalue weighted by Crippen LogP contribution is -2.11. The van der Waals surface area contributed by atoms with Crippen molar-refractivity contribution >= 4 is 88.3 Å². The van der Waals surface area contributed by atoms with Crippen LogP contribution in [0.3, 0.4) is 0 Å². The quantitative estimate of drug-likeness (QED) is 0.0621. The monoisotopic (exact) mass is 975 g/mol. The molecular weight excluding hydrogens is 908 g/mol. The van der Waals surface area contributed by atoms with Crippen molar-refractivity contribution in [2.45, 2.75) is 139 Å². The summed E-state index contributed by atoms with van der Waals surface area (Å²) in [5, 5.41) is 0. The van der Waals surface area contributed by atoms with E-state index in [-0.39, 0.29) is 0 Å². The first-order valence-electron chi connectivity index (χ1n) is 20.3. The molecule has 3 aromatic heterocycles. The zero-order valence-electron chi connectivity index (χ0n) is 33.6. The van der Waals surface area contributed by atoms with Gasteiger partial charge in [0.25, 0.3) is 0 Å². The number of halogens is 2. The second-order valence-corrected chi connectivity index (χ2v) is 22.7. The molecule has 0 bridgehead atoms. The van der Waals surface area contributed by atoms with E-state index in [9.17, 15) is 0 Å². The van der Waals surface area contributed by atoms with Gasteiger partial charge in [-0.2, -0.15) is 0 Å². The molecule has 0 fully saturated rings. The summed E-state index contributed by atoms with van der Waals surface area (Å²) >= 11 is 8.69. The van der Waals surface area contributed by atoms with Gasteiger partial charge in [0.1, 0.15) is 0 Å². The molecule has 0 saturated heterocycles. The van der Waals surface area contributed by atoms with Crippen molar-refractivity contribution in [3.05, 3.63) is 30.0 Å². The lowest BCUT2D eigenvalue weighted by atomic mass is 9.97. The van der Waals surface area contributed by atoms with Crippen molar-refractivity contribution in [2.75, 3.05) is 19.8 Å². The minimum Gasteiger partial charge on any atom is -0.489 e. The number of hydrogen-bond donors (Lipinski definition) is 0. The highest BCUT2D eigenvalue weighted by Gasteiger charge is 2.23. The first-order chi connectivity index (χ1) is 24.8. The third kappa shape index (κ3) is 13.8. The Bertz CT molecular complexity index is 1540. The zero-order valence-corrected chi connectivity index (χ0v) is 39.6. The number of ether oxygens (including phenoxy) is 3. The van der Waals surface area contributed by atoms with Crippen LogP contribution in [0.5, 0.6) is 17.2 Å². The highest BCUT2D eigenvalue weighted by Crippen LogP contribution is 2.46. The van der Waals surface area contributed by atoms with Gasteiger partial charge in [-0.3, -0.25) is 0 Å². The molecule has 8 heteroatoms. The largest absolute Gasteiger partial charge is 0.489 e. The van der Waals surface area contributed by atoms with Gasteiger partial charge in [0.05, 0.1) is 51.7 Å². The van der Waals surface area contributed by atoms with E-state index in [2.05, 4.69) is 136 Å². The predicted octanol–water partition coefficient (Wildman–Crippen LogP) is 15.8. The smallest absolute Gasteiger partial charge is 0.203 e. The highest BCUT2D eigenvalue weighted by molar-refractivity contribution is 14.1. The molecule has 0 N–H and O–H groups in total. The summed E-state index contributed by atoms with van der Waals surface area (Å²) in [6.07, 6.45) is 14.5. The van der Waals surface area contributed by atoms with Crippen LogP contribution in [-0.4, -0.2) is 24.4 Å². The summed E-state index contributed by atoms with van der Waals surface area (Å²) in [6, 6.07) is 9.09. The third-order valence-corrected chi connectivity index (χ3v) is 14.3. The molecule has 292 valence electrons. The fourth-order valence-electron chi connectivity index (χ4n) is 6.98. The summed E-state index contributed by atoms with van der Waals surface area (Å²) in [4.78, 5) is 0. The molecule has 0 amide bonds. The van der Waals surface area contributed by atoms with Crippen LogP contribution >= 0.6 is 67.9 Å². The van der Waals surface area contributed by atoms with E-state index in [1.165, 1.54) is 84.0 Å². The maximum Gasteiger partial charge on any atom is 0.203 e. The normalized spacial score (nSPS) is 14.0. The standard InChI is InChI=1S/C44H67I2NO3S2/c1-29(2)13-10-16-32(7)19-22-48-38-25-35(47-36-27-40(45)51-43(36)44-37(47)28-41(46)52-44)26-39(49-23-20-33(8)17-11-14-30(3)4)42(38)50-24-21-34(9)18-12-15-31(5)6/h25-34H,10-24H2,1-9H3/t32-,33-,34-/m0/s1. The van der Waals surface area contributed by atoms with Crippen LogP contribution in [0.2, 0.25) is 0 Å². The van der Waals surface area contributed by atoms with Crippen molar-refractivity contribution in [3.8, 4) is 22.9 Å². The molecule has 0 unspecified atom stereocenters. The van der Waals surface area contributed by atoms with E-state index in [0.717, 1.165) is 60.0 Å². The molecule has 0 spiro atoms. The van der Waals surface area contributed by atoms with Crippen LogP contribution in [0.1, 0.15) is 139 Å².